The minimum Gasteiger partial charge on any atom is -0.351 e. The van der Waals surface area contributed by atoms with Gasteiger partial charge in [-0.2, -0.15) is 4.31 Å². The maximum atomic E-state index is 12.8. The lowest BCUT2D eigenvalue weighted by molar-refractivity contribution is 0.0692. The molecule has 1 atom stereocenters. The van der Waals surface area contributed by atoms with Crippen LogP contribution in [0.2, 0.25) is 0 Å². The van der Waals surface area contributed by atoms with Gasteiger partial charge in [0, 0.05) is 37.1 Å². The molecule has 8 nitrogen and oxygen atoms in total. The SMILES string of the molecule is Cc1ccc2cc(C(=O)N3CCN(S(=O)(=O)C4CCS(=O)(=O)C4)CC3)[nH]c2c1. The van der Waals surface area contributed by atoms with E-state index in [0.717, 1.165) is 16.5 Å². The topological polar surface area (TPSA) is 108 Å². The predicted molar refractivity (Wildman–Crippen MR) is 106 cm³/mol. The molecular weight excluding hydrogens is 402 g/mol. The van der Waals surface area contributed by atoms with Gasteiger partial charge in [-0.1, -0.05) is 12.1 Å². The Hall–Kier alpha value is -1.91. The van der Waals surface area contributed by atoms with Crippen LogP contribution in [0.4, 0.5) is 0 Å². The van der Waals surface area contributed by atoms with Crippen molar-refractivity contribution in [3.8, 4) is 0 Å². The van der Waals surface area contributed by atoms with Gasteiger partial charge in [-0.3, -0.25) is 4.79 Å². The largest absolute Gasteiger partial charge is 0.351 e. The third kappa shape index (κ3) is 3.56. The summed E-state index contributed by atoms with van der Waals surface area (Å²) in [5, 5.41) is 0.0919. The van der Waals surface area contributed by atoms with Gasteiger partial charge in [0.1, 0.15) is 5.69 Å². The number of H-pyrrole nitrogens is 1. The fourth-order valence-corrected chi connectivity index (χ4v) is 8.39. The molecule has 0 saturated carbocycles. The van der Waals surface area contributed by atoms with Crippen LogP contribution in [0.5, 0.6) is 0 Å². The normalized spacial score (nSPS) is 23.3. The van der Waals surface area contributed by atoms with E-state index in [-0.39, 0.29) is 50.0 Å². The van der Waals surface area contributed by atoms with Gasteiger partial charge in [0.25, 0.3) is 5.91 Å². The minimum absolute atomic E-state index is 0.0742. The first-order valence-corrected chi connectivity index (χ1v) is 12.6. The molecule has 2 aliphatic heterocycles. The molecule has 2 aliphatic rings. The zero-order valence-corrected chi connectivity index (χ0v) is 17.2. The number of rotatable bonds is 3. The van der Waals surface area contributed by atoms with Gasteiger partial charge in [0.15, 0.2) is 9.84 Å². The van der Waals surface area contributed by atoms with E-state index in [9.17, 15) is 21.6 Å². The van der Waals surface area contributed by atoms with E-state index in [0.29, 0.717) is 5.69 Å². The molecule has 3 heterocycles. The van der Waals surface area contributed by atoms with Crippen LogP contribution < -0.4 is 0 Å². The van der Waals surface area contributed by atoms with Gasteiger partial charge in [0.05, 0.1) is 16.8 Å². The summed E-state index contributed by atoms with van der Waals surface area (Å²) in [6, 6.07) is 7.73. The number of sulfone groups is 1. The number of hydrogen-bond acceptors (Lipinski definition) is 5. The molecule has 0 aliphatic carbocycles. The second kappa shape index (κ2) is 6.85. The van der Waals surface area contributed by atoms with Gasteiger partial charge in [-0.05, 0) is 31.0 Å². The molecule has 1 N–H and O–H groups in total. The molecule has 28 heavy (non-hydrogen) atoms. The number of aromatic nitrogens is 1. The van der Waals surface area contributed by atoms with Gasteiger partial charge in [-0.25, -0.2) is 16.8 Å². The molecule has 0 radical (unpaired) electrons. The van der Waals surface area contributed by atoms with Crippen LogP contribution in [0.15, 0.2) is 24.3 Å². The Morgan fingerprint density at radius 2 is 1.86 bits per heavy atom. The Kier molecular flexibility index (Phi) is 4.75. The number of hydrogen-bond donors (Lipinski definition) is 1. The van der Waals surface area contributed by atoms with Crippen LogP contribution in [-0.2, 0) is 19.9 Å². The quantitative estimate of drug-likeness (QED) is 0.781. The van der Waals surface area contributed by atoms with Crippen molar-refractivity contribution in [1.82, 2.24) is 14.2 Å². The highest BCUT2D eigenvalue weighted by Gasteiger charge is 2.41. The molecule has 4 rings (SSSR count). The van der Waals surface area contributed by atoms with Gasteiger partial charge < -0.3 is 9.88 Å². The summed E-state index contributed by atoms with van der Waals surface area (Å²) >= 11 is 0. The number of aromatic amines is 1. The van der Waals surface area contributed by atoms with Crippen molar-refractivity contribution in [3.05, 3.63) is 35.5 Å². The Bertz CT molecular complexity index is 1130. The van der Waals surface area contributed by atoms with Gasteiger partial charge >= 0.3 is 0 Å². The van der Waals surface area contributed by atoms with Crippen LogP contribution in [0.3, 0.4) is 0 Å². The van der Waals surface area contributed by atoms with Crippen LogP contribution in [0, 0.1) is 6.92 Å². The van der Waals surface area contributed by atoms with E-state index in [1.165, 1.54) is 4.31 Å². The molecular formula is C18H23N3O5S2. The fourth-order valence-electron chi connectivity index (χ4n) is 3.88. The van der Waals surface area contributed by atoms with E-state index >= 15 is 0 Å². The third-order valence-electron chi connectivity index (χ3n) is 5.51. The van der Waals surface area contributed by atoms with Crippen LogP contribution in [-0.4, -0.2) is 79.9 Å². The summed E-state index contributed by atoms with van der Waals surface area (Å²) in [7, 11) is -6.93. The number of nitrogens with zero attached hydrogens (tertiary/aromatic N) is 2. The summed E-state index contributed by atoms with van der Waals surface area (Å²) in [5.41, 5.74) is 2.48. The summed E-state index contributed by atoms with van der Waals surface area (Å²) < 4.78 is 50.0. The molecule has 1 amide bonds. The monoisotopic (exact) mass is 425 g/mol. The van der Waals surface area contributed by atoms with E-state index < -0.39 is 25.1 Å². The molecule has 0 spiro atoms. The van der Waals surface area contributed by atoms with Gasteiger partial charge in [0.2, 0.25) is 10.0 Å². The summed E-state index contributed by atoms with van der Waals surface area (Å²) in [5.74, 6) is -0.535. The first-order valence-electron chi connectivity index (χ1n) is 9.24. The number of piperazine rings is 1. The summed E-state index contributed by atoms with van der Waals surface area (Å²) in [6.45, 7) is 2.92. The van der Waals surface area contributed by atoms with Crippen LogP contribution in [0.25, 0.3) is 10.9 Å². The number of sulfonamides is 1. The lowest BCUT2D eigenvalue weighted by Crippen LogP contribution is -2.52. The van der Waals surface area contributed by atoms with E-state index in [4.69, 9.17) is 0 Å². The number of amides is 1. The average molecular weight is 426 g/mol. The highest BCUT2D eigenvalue weighted by molar-refractivity contribution is 7.95. The standard InChI is InChI=1S/C18H23N3O5S2/c1-13-2-3-14-11-17(19-16(14)10-13)18(22)20-5-7-21(8-6-20)28(25,26)15-4-9-27(23,24)12-15/h2-3,10-11,15,19H,4-9,12H2,1H3. The van der Waals surface area contributed by atoms with E-state index in [1.54, 1.807) is 4.90 Å². The lowest BCUT2D eigenvalue weighted by Gasteiger charge is -2.35. The maximum Gasteiger partial charge on any atom is 0.270 e. The lowest BCUT2D eigenvalue weighted by atomic mass is 10.2. The minimum atomic E-state index is -3.66. The van der Waals surface area contributed by atoms with Crippen molar-refractivity contribution < 1.29 is 21.6 Å². The van der Waals surface area contributed by atoms with Gasteiger partial charge in [-0.15, -0.1) is 0 Å². The number of fused-ring (bicyclic) bond motifs is 1. The predicted octanol–water partition coefficient (Wildman–Crippen LogP) is 0.751. The Labute approximate surface area is 164 Å². The molecule has 1 aromatic heterocycles. The summed E-state index contributed by atoms with van der Waals surface area (Å²) in [4.78, 5) is 17.6. The Morgan fingerprint density at radius 1 is 1.14 bits per heavy atom. The first-order chi connectivity index (χ1) is 13.2. The van der Waals surface area contributed by atoms with Crippen molar-refractivity contribution in [1.29, 1.82) is 0 Å². The van der Waals surface area contributed by atoms with E-state index in [2.05, 4.69) is 4.98 Å². The van der Waals surface area contributed by atoms with E-state index in [1.807, 2.05) is 31.2 Å². The van der Waals surface area contributed by atoms with Crippen molar-refractivity contribution >= 4 is 36.7 Å². The highest BCUT2D eigenvalue weighted by Crippen LogP contribution is 2.24. The number of aryl methyl sites for hydroxylation is 1. The second-order valence-corrected chi connectivity index (χ2v) is 12.0. The molecule has 2 fully saturated rings. The zero-order chi connectivity index (χ0) is 20.1. The van der Waals surface area contributed by atoms with Crippen molar-refractivity contribution in [2.24, 2.45) is 0 Å². The van der Waals surface area contributed by atoms with Crippen molar-refractivity contribution in [2.45, 2.75) is 18.6 Å². The van der Waals surface area contributed by atoms with Crippen LogP contribution in [0.1, 0.15) is 22.5 Å². The zero-order valence-electron chi connectivity index (χ0n) is 15.6. The van der Waals surface area contributed by atoms with Crippen molar-refractivity contribution in [3.63, 3.8) is 0 Å². The molecule has 10 heteroatoms. The Morgan fingerprint density at radius 3 is 2.50 bits per heavy atom. The smallest absolute Gasteiger partial charge is 0.270 e. The third-order valence-corrected chi connectivity index (χ3v) is 9.81. The number of benzene rings is 1. The fraction of sp³-hybridized carbons (Fsp3) is 0.500. The molecule has 2 saturated heterocycles. The second-order valence-electron chi connectivity index (χ2n) is 7.53. The molecule has 0 bridgehead atoms. The summed E-state index contributed by atoms with van der Waals surface area (Å²) in [6.07, 6.45) is 0.151. The number of nitrogens with one attached hydrogen (secondary N) is 1. The average Bonchev–Trinajstić information content (AvgIpc) is 3.24. The molecule has 152 valence electrons. The Balaban J connectivity index is 1.44. The highest BCUT2D eigenvalue weighted by atomic mass is 32.2. The number of carbonyl (C=O) groups is 1. The van der Waals surface area contributed by atoms with Crippen molar-refractivity contribution in [2.75, 3.05) is 37.7 Å². The first kappa shape index (κ1) is 19.4. The van der Waals surface area contributed by atoms with Crippen LogP contribution >= 0.6 is 0 Å². The molecule has 1 unspecified atom stereocenters. The molecule has 1 aromatic carbocycles. The maximum absolute atomic E-state index is 12.8. The number of carbonyl (C=O) groups excluding carboxylic acids is 1. The molecule has 2 aromatic rings.